The maximum absolute atomic E-state index is 12.0. The van der Waals surface area contributed by atoms with Gasteiger partial charge in [0.2, 0.25) is 0 Å². The Morgan fingerprint density at radius 2 is 1.05 bits per heavy atom. The number of hydrogen-bond donors (Lipinski definition) is 1. The zero-order valence-corrected chi connectivity index (χ0v) is 13.0. The van der Waals surface area contributed by atoms with Crippen LogP contribution in [0.3, 0.4) is 0 Å². The van der Waals surface area contributed by atoms with Crippen LogP contribution in [0, 0.1) is 0 Å². The molecule has 0 aliphatic rings. The fourth-order valence-corrected chi connectivity index (χ4v) is 2.47. The minimum absolute atomic E-state index is 0.585. The van der Waals surface area contributed by atoms with E-state index in [2.05, 4.69) is 6.92 Å². The number of hydrogen-bond acceptors (Lipinski definition) is 1. The molecule has 1 atom stereocenters. The van der Waals surface area contributed by atoms with Crippen molar-refractivity contribution >= 4 is 0 Å². The van der Waals surface area contributed by atoms with Crippen LogP contribution < -0.4 is 0 Å². The van der Waals surface area contributed by atoms with E-state index in [-0.39, 0.29) is 0 Å². The quantitative estimate of drug-likeness (QED) is 0.374. The Hall–Kier alpha value is -0.110. The summed E-state index contributed by atoms with van der Waals surface area (Å²) in [6.45, 7) is 1.68. The summed E-state index contributed by atoms with van der Waals surface area (Å²) in [5.74, 6) is 0. The van der Waals surface area contributed by atoms with Gasteiger partial charge in [0.15, 0.2) is 0 Å². The normalized spacial score (nSPS) is 12.8. The van der Waals surface area contributed by atoms with Gasteiger partial charge in [-0.25, -0.2) is 4.39 Å². The molecule has 0 saturated carbocycles. The third-order valence-electron chi connectivity index (χ3n) is 3.82. The Morgan fingerprint density at radius 3 is 1.42 bits per heavy atom. The minimum atomic E-state index is -0.715. The second-order valence-electron chi connectivity index (χ2n) is 5.84. The Kier molecular flexibility index (Phi) is 15.9. The van der Waals surface area contributed by atoms with Crippen molar-refractivity contribution in [1.29, 1.82) is 0 Å². The number of aliphatic hydroxyl groups excluding tert-OH is 1. The van der Waals surface area contributed by atoms with Crippen molar-refractivity contribution in [3.05, 3.63) is 0 Å². The molecule has 0 aromatic rings. The van der Waals surface area contributed by atoms with E-state index < -0.39 is 12.8 Å². The molecule has 0 aromatic heterocycles. The third-order valence-corrected chi connectivity index (χ3v) is 3.82. The van der Waals surface area contributed by atoms with Gasteiger partial charge in [-0.3, -0.25) is 0 Å². The largest absolute Gasteiger partial charge is 0.390 e. The van der Waals surface area contributed by atoms with Crippen molar-refractivity contribution in [3.8, 4) is 0 Å². The molecule has 0 aliphatic heterocycles. The number of alkyl halides is 1. The molecule has 0 aromatic carbocycles. The average molecular weight is 274 g/mol. The van der Waals surface area contributed by atoms with Crippen molar-refractivity contribution < 1.29 is 9.50 Å². The van der Waals surface area contributed by atoms with E-state index in [0.717, 1.165) is 12.8 Å². The molecule has 116 valence electrons. The molecule has 1 unspecified atom stereocenters. The lowest BCUT2D eigenvalue weighted by molar-refractivity contribution is 0.128. The SMILES string of the molecule is CCCCCCCCCCCCCCCC(O)CF. The fourth-order valence-electron chi connectivity index (χ4n) is 2.47. The molecular weight excluding hydrogens is 239 g/mol. The van der Waals surface area contributed by atoms with Gasteiger partial charge < -0.3 is 5.11 Å². The van der Waals surface area contributed by atoms with Crippen LogP contribution in [0.15, 0.2) is 0 Å². The highest BCUT2D eigenvalue weighted by molar-refractivity contribution is 4.54. The summed E-state index contributed by atoms with van der Waals surface area (Å²) in [4.78, 5) is 0. The third kappa shape index (κ3) is 15.8. The van der Waals surface area contributed by atoms with Crippen molar-refractivity contribution in [2.45, 2.75) is 103 Å². The summed E-state index contributed by atoms with van der Waals surface area (Å²) in [5.41, 5.74) is 0. The molecule has 0 bridgehead atoms. The highest BCUT2D eigenvalue weighted by Gasteiger charge is 2.01. The van der Waals surface area contributed by atoms with E-state index in [1.165, 1.54) is 70.6 Å². The summed E-state index contributed by atoms with van der Waals surface area (Å²) in [6.07, 6.45) is 17.1. The highest BCUT2D eigenvalue weighted by Crippen LogP contribution is 2.13. The average Bonchev–Trinajstić information content (AvgIpc) is 2.43. The highest BCUT2D eigenvalue weighted by atomic mass is 19.1. The van der Waals surface area contributed by atoms with Crippen molar-refractivity contribution in [2.24, 2.45) is 0 Å². The van der Waals surface area contributed by atoms with Crippen molar-refractivity contribution in [2.75, 3.05) is 6.67 Å². The van der Waals surface area contributed by atoms with E-state index in [4.69, 9.17) is 5.11 Å². The summed E-state index contributed by atoms with van der Waals surface area (Å²) in [7, 11) is 0. The van der Waals surface area contributed by atoms with Gasteiger partial charge >= 0.3 is 0 Å². The zero-order valence-electron chi connectivity index (χ0n) is 13.0. The number of halogens is 1. The molecule has 1 N–H and O–H groups in total. The fraction of sp³-hybridized carbons (Fsp3) is 1.00. The van der Waals surface area contributed by atoms with Gasteiger partial charge in [-0.2, -0.15) is 0 Å². The summed E-state index contributed by atoms with van der Waals surface area (Å²) in [5, 5.41) is 9.06. The molecule has 0 fully saturated rings. The van der Waals surface area contributed by atoms with E-state index in [1.54, 1.807) is 0 Å². The molecule has 1 nitrogen and oxygen atoms in total. The van der Waals surface area contributed by atoms with Gasteiger partial charge in [0, 0.05) is 0 Å². The molecule has 0 saturated heterocycles. The predicted molar refractivity (Wildman–Crippen MR) is 82.3 cm³/mol. The first-order valence-corrected chi connectivity index (χ1v) is 8.55. The van der Waals surface area contributed by atoms with Crippen LogP contribution in [0.5, 0.6) is 0 Å². The van der Waals surface area contributed by atoms with E-state index >= 15 is 0 Å². The number of aliphatic hydroxyl groups is 1. The standard InChI is InChI=1S/C17H35FO/c1-2-3-4-5-6-7-8-9-10-11-12-13-14-15-17(19)16-18/h17,19H,2-16H2,1H3. The maximum Gasteiger partial charge on any atom is 0.115 e. The second-order valence-corrected chi connectivity index (χ2v) is 5.84. The van der Waals surface area contributed by atoms with Gasteiger partial charge in [-0.05, 0) is 6.42 Å². The Bertz CT molecular complexity index is 161. The first-order chi connectivity index (χ1) is 9.31. The molecule has 0 heterocycles. The minimum Gasteiger partial charge on any atom is -0.390 e. The first kappa shape index (κ1) is 18.9. The summed E-state index contributed by atoms with van der Waals surface area (Å²) >= 11 is 0. The lowest BCUT2D eigenvalue weighted by Crippen LogP contribution is -2.07. The molecule has 0 rings (SSSR count). The monoisotopic (exact) mass is 274 g/mol. The molecule has 0 amide bonds. The van der Waals surface area contributed by atoms with Crippen molar-refractivity contribution in [1.82, 2.24) is 0 Å². The van der Waals surface area contributed by atoms with Gasteiger partial charge in [0.1, 0.15) is 6.67 Å². The maximum atomic E-state index is 12.0. The lowest BCUT2D eigenvalue weighted by atomic mass is 10.0. The van der Waals surface area contributed by atoms with Crippen LogP contribution in [0.25, 0.3) is 0 Å². The van der Waals surface area contributed by atoms with Crippen molar-refractivity contribution in [3.63, 3.8) is 0 Å². The second kappa shape index (κ2) is 15.9. The van der Waals surface area contributed by atoms with E-state index in [0.29, 0.717) is 6.42 Å². The van der Waals surface area contributed by atoms with Gasteiger partial charge in [0.25, 0.3) is 0 Å². The Morgan fingerprint density at radius 1 is 0.684 bits per heavy atom. The molecule has 19 heavy (non-hydrogen) atoms. The molecule has 0 spiro atoms. The number of unbranched alkanes of at least 4 members (excludes halogenated alkanes) is 12. The van der Waals surface area contributed by atoms with Crippen LogP contribution in [0.2, 0.25) is 0 Å². The topological polar surface area (TPSA) is 20.2 Å². The smallest absolute Gasteiger partial charge is 0.115 e. The van der Waals surface area contributed by atoms with Crippen LogP contribution in [0.1, 0.15) is 96.8 Å². The van der Waals surface area contributed by atoms with Crippen LogP contribution in [0.4, 0.5) is 4.39 Å². The van der Waals surface area contributed by atoms with E-state index in [1.807, 2.05) is 0 Å². The number of rotatable bonds is 15. The molecule has 0 radical (unpaired) electrons. The van der Waals surface area contributed by atoms with E-state index in [9.17, 15) is 4.39 Å². The summed E-state index contributed by atoms with van der Waals surface area (Å²) < 4.78 is 12.0. The summed E-state index contributed by atoms with van der Waals surface area (Å²) in [6, 6.07) is 0. The Balaban J connectivity index is 2.95. The van der Waals surface area contributed by atoms with Gasteiger partial charge in [0.05, 0.1) is 6.10 Å². The van der Waals surface area contributed by atoms with Gasteiger partial charge in [-0.1, -0.05) is 90.4 Å². The van der Waals surface area contributed by atoms with Crippen LogP contribution in [-0.2, 0) is 0 Å². The molecular formula is C17H35FO. The predicted octanol–water partition coefficient (Wildman–Crippen LogP) is 5.80. The van der Waals surface area contributed by atoms with Crippen LogP contribution in [-0.4, -0.2) is 17.9 Å². The zero-order chi connectivity index (χ0) is 14.2. The van der Waals surface area contributed by atoms with Gasteiger partial charge in [-0.15, -0.1) is 0 Å². The van der Waals surface area contributed by atoms with Crippen LogP contribution >= 0.6 is 0 Å². The Labute approximate surface area is 120 Å². The molecule has 2 heteroatoms. The molecule has 0 aliphatic carbocycles. The first-order valence-electron chi connectivity index (χ1n) is 8.55. The lowest BCUT2D eigenvalue weighted by Gasteiger charge is -2.05.